The second kappa shape index (κ2) is 8.04. The number of carbonyl (C=O) groups excluding carboxylic acids is 1. The first-order valence-corrected chi connectivity index (χ1v) is 11.5. The van der Waals surface area contributed by atoms with Gasteiger partial charge >= 0.3 is 0 Å². The summed E-state index contributed by atoms with van der Waals surface area (Å²) in [6.07, 6.45) is 5.27. The summed E-state index contributed by atoms with van der Waals surface area (Å²) in [4.78, 5) is 20.2. The van der Waals surface area contributed by atoms with Gasteiger partial charge in [-0.25, -0.2) is 4.99 Å². The fourth-order valence-electron chi connectivity index (χ4n) is 4.02. The largest absolute Gasteiger partial charge is 0.365 e. The molecule has 1 N–H and O–H groups in total. The van der Waals surface area contributed by atoms with Crippen molar-refractivity contribution < 1.29 is 4.79 Å². The van der Waals surface area contributed by atoms with Crippen LogP contribution in [0, 0.1) is 6.92 Å². The van der Waals surface area contributed by atoms with Gasteiger partial charge in [-0.05, 0) is 98.5 Å². The third kappa shape index (κ3) is 4.19. The maximum absolute atomic E-state index is 12.6. The minimum Gasteiger partial charge on any atom is -0.365 e. The second-order valence-electron chi connectivity index (χ2n) is 8.77. The number of aliphatic imine (C=N–C) groups is 1. The van der Waals surface area contributed by atoms with Gasteiger partial charge in [0, 0.05) is 18.3 Å². The number of anilines is 1. The molecule has 0 aliphatic carbocycles. The van der Waals surface area contributed by atoms with Crippen LogP contribution in [0.4, 0.5) is 11.4 Å². The maximum Gasteiger partial charge on any atom is 0.264 e. The molecule has 1 amide bonds. The van der Waals surface area contributed by atoms with Crippen LogP contribution < -0.4 is 10.2 Å². The maximum atomic E-state index is 12.6. The Morgan fingerprint density at radius 2 is 1.87 bits per heavy atom. The predicted molar refractivity (Wildman–Crippen MR) is 134 cm³/mol. The zero-order chi connectivity index (χ0) is 22.3. The van der Waals surface area contributed by atoms with Crippen LogP contribution >= 0.6 is 11.8 Å². The third-order valence-corrected chi connectivity index (χ3v) is 7.03. The Bertz CT molecular complexity index is 1140. The summed E-state index contributed by atoms with van der Waals surface area (Å²) in [6.45, 7) is 10.8. The smallest absolute Gasteiger partial charge is 0.264 e. The molecule has 0 spiro atoms. The van der Waals surface area contributed by atoms with Gasteiger partial charge in [-0.2, -0.15) is 0 Å². The number of carbonyl (C=O) groups is 1. The zero-order valence-electron chi connectivity index (χ0n) is 19.0. The van der Waals surface area contributed by atoms with Crippen molar-refractivity contribution in [2.24, 2.45) is 4.99 Å². The number of rotatable bonds is 3. The number of amides is 1. The van der Waals surface area contributed by atoms with Gasteiger partial charge in [0.2, 0.25) is 0 Å². The van der Waals surface area contributed by atoms with Crippen LogP contribution in [0.25, 0.3) is 11.6 Å². The molecule has 31 heavy (non-hydrogen) atoms. The number of likely N-dealkylation sites (N-methyl/N-ethyl adjacent to an activating group) is 1. The lowest BCUT2D eigenvalue weighted by Crippen LogP contribution is -2.42. The number of hydrogen-bond acceptors (Lipinski definition) is 4. The molecule has 1 fully saturated rings. The summed E-state index contributed by atoms with van der Waals surface area (Å²) in [5, 5.41) is 3.51. The van der Waals surface area contributed by atoms with Gasteiger partial charge in [0.05, 0.1) is 16.1 Å². The van der Waals surface area contributed by atoms with E-state index in [2.05, 4.69) is 87.2 Å². The van der Waals surface area contributed by atoms with Gasteiger partial charge in [-0.3, -0.25) is 4.79 Å². The van der Waals surface area contributed by atoms with Gasteiger partial charge in [0.1, 0.15) is 0 Å². The molecule has 5 heteroatoms. The van der Waals surface area contributed by atoms with Crippen LogP contribution in [0.3, 0.4) is 0 Å². The highest BCUT2D eigenvalue weighted by atomic mass is 32.2. The molecule has 0 aromatic heterocycles. The van der Waals surface area contributed by atoms with Crippen LogP contribution in [0.5, 0.6) is 0 Å². The van der Waals surface area contributed by atoms with E-state index in [1.807, 2.05) is 18.2 Å². The number of nitrogens with one attached hydrogen (secondary N) is 1. The number of hydrogen-bond donors (Lipinski definition) is 1. The first-order valence-electron chi connectivity index (χ1n) is 10.6. The molecule has 1 saturated heterocycles. The van der Waals surface area contributed by atoms with E-state index in [-0.39, 0.29) is 11.4 Å². The van der Waals surface area contributed by atoms with Crippen LogP contribution in [0.15, 0.2) is 52.4 Å². The van der Waals surface area contributed by atoms with Crippen LogP contribution in [-0.2, 0) is 11.2 Å². The number of aryl methyl sites for hydroxylation is 2. The molecule has 0 atom stereocenters. The molecule has 2 aromatic rings. The SMILES string of the molecule is CCc1ccc(N=C2NC(=O)/C(=C\c3cc4c(cc3C)N(C)C(C)(C)C=C4C)S2)cc1. The first-order chi connectivity index (χ1) is 14.7. The van der Waals surface area contributed by atoms with Crippen molar-refractivity contribution in [2.75, 3.05) is 11.9 Å². The van der Waals surface area contributed by atoms with Crippen LogP contribution in [0.1, 0.15) is 49.9 Å². The molecule has 0 radical (unpaired) electrons. The Balaban J connectivity index is 1.64. The Kier molecular flexibility index (Phi) is 5.56. The second-order valence-corrected chi connectivity index (χ2v) is 9.80. The standard InChI is InChI=1S/C26H29N3OS/c1-7-18-8-10-20(11-9-18)27-25-28-24(30)23(31-25)14-19-13-21-17(3)15-26(4,5)29(6)22(21)12-16(19)2/h8-15H,7H2,1-6H3,(H,27,28,30)/b23-14+. The molecule has 0 saturated carbocycles. The van der Waals surface area contributed by atoms with E-state index in [4.69, 9.17) is 0 Å². The van der Waals surface area contributed by atoms with E-state index in [1.54, 1.807) is 0 Å². The van der Waals surface area contributed by atoms with Gasteiger partial charge in [0.15, 0.2) is 5.17 Å². The van der Waals surface area contributed by atoms with Crippen molar-refractivity contribution in [3.8, 4) is 0 Å². The molecule has 2 aromatic carbocycles. The lowest BCUT2D eigenvalue weighted by atomic mass is 9.87. The number of fused-ring (bicyclic) bond motifs is 1. The van der Waals surface area contributed by atoms with E-state index < -0.39 is 0 Å². The van der Waals surface area contributed by atoms with Crippen molar-refractivity contribution >= 4 is 45.9 Å². The molecule has 4 rings (SSSR count). The fraction of sp³-hybridized carbons (Fsp3) is 0.308. The van der Waals surface area contributed by atoms with Gasteiger partial charge in [-0.15, -0.1) is 0 Å². The summed E-state index contributed by atoms with van der Waals surface area (Å²) in [6, 6.07) is 12.5. The summed E-state index contributed by atoms with van der Waals surface area (Å²) in [5.41, 5.74) is 8.01. The zero-order valence-corrected chi connectivity index (χ0v) is 19.9. The molecule has 0 unspecified atom stereocenters. The summed E-state index contributed by atoms with van der Waals surface area (Å²) >= 11 is 1.39. The summed E-state index contributed by atoms with van der Waals surface area (Å²) < 4.78 is 0. The van der Waals surface area contributed by atoms with Crippen molar-refractivity contribution in [2.45, 2.75) is 46.6 Å². The first kappa shape index (κ1) is 21.4. The number of amidine groups is 1. The van der Waals surface area contributed by atoms with Crippen molar-refractivity contribution in [1.29, 1.82) is 0 Å². The van der Waals surface area contributed by atoms with E-state index >= 15 is 0 Å². The Morgan fingerprint density at radius 3 is 2.55 bits per heavy atom. The highest BCUT2D eigenvalue weighted by molar-refractivity contribution is 8.18. The van der Waals surface area contributed by atoms with Crippen molar-refractivity contribution in [1.82, 2.24) is 5.32 Å². The fourth-order valence-corrected chi connectivity index (χ4v) is 4.85. The van der Waals surface area contributed by atoms with Gasteiger partial charge < -0.3 is 10.2 Å². The minimum absolute atomic E-state index is 0.0224. The van der Waals surface area contributed by atoms with Crippen molar-refractivity contribution in [3.05, 3.63) is 69.6 Å². The third-order valence-electron chi connectivity index (χ3n) is 6.12. The van der Waals surface area contributed by atoms with Crippen LogP contribution in [0.2, 0.25) is 0 Å². The van der Waals surface area contributed by atoms with E-state index in [9.17, 15) is 4.79 Å². The molecule has 160 valence electrons. The molecule has 0 bridgehead atoms. The topological polar surface area (TPSA) is 44.7 Å². The lowest BCUT2D eigenvalue weighted by molar-refractivity contribution is -0.115. The number of nitrogens with zero attached hydrogens (tertiary/aromatic N) is 2. The number of thioether (sulfide) groups is 1. The predicted octanol–water partition coefficient (Wildman–Crippen LogP) is 6.08. The summed E-state index contributed by atoms with van der Waals surface area (Å²) in [5.74, 6) is -0.100. The molecule has 4 nitrogen and oxygen atoms in total. The average Bonchev–Trinajstić information content (AvgIpc) is 3.06. The van der Waals surface area contributed by atoms with Crippen molar-refractivity contribution in [3.63, 3.8) is 0 Å². The lowest BCUT2D eigenvalue weighted by Gasteiger charge is -2.41. The normalized spacial score (nSPS) is 20.1. The summed E-state index contributed by atoms with van der Waals surface area (Å²) in [7, 11) is 2.13. The molecule has 2 heterocycles. The highest BCUT2D eigenvalue weighted by Gasteiger charge is 2.29. The molecule has 2 aliphatic rings. The highest BCUT2D eigenvalue weighted by Crippen LogP contribution is 2.40. The van der Waals surface area contributed by atoms with Gasteiger partial charge in [-0.1, -0.05) is 25.1 Å². The van der Waals surface area contributed by atoms with Gasteiger partial charge in [0.25, 0.3) is 5.91 Å². The quantitative estimate of drug-likeness (QED) is 0.599. The van der Waals surface area contributed by atoms with E-state index in [0.29, 0.717) is 10.1 Å². The van der Waals surface area contributed by atoms with Crippen LogP contribution in [-0.4, -0.2) is 23.7 Å². The number of benzene rings is 2. The average molecular weight is 432 g/mol. The van der Waals surface area contributed by atoms with E-state index in [0.717, 1.165) is 23.2 Å². The monoisotopic (exact) mass is 431 g/mol. The molecular formula is C26H29N3OS. The molecule has 2 aliphatic heterocycles. The minimum atomic E-state index is -0.100. The Labute approximate surface area is 189 Å². The number of allylic oxidation sites excluding steroid dienone is 1. The Hall–Kier alpha value is -2.79. The van der Waals surface area contributed by atoms with E-state index in [1.165, 1.54) is 34.1 Å². The Morgan fingerprint density at radius 1 is 1.16 bits per heavy atom. The molecular weight excluding hydrogens is 402 g/mol.